The van der Waals surface area contributed by atoms with Crippen molar-refractivity contribution in [3.8, 4) is 0 Å². The van der Waals surface area contributed by atoms with Crippen LogP contribution < -0.4 is 5.32 Å². The average Bonchev–Trinajstić information content (AvgIpc) is 2.43. The molecule has 0 aliphatic carbocycles. The first-order valence-electron chi connectivity index (χ1n) is 7.49. The van der Waals surface area contributed by atoms with Crippen LogP contribution in [0.2, 0.25) is 0 Å². The maximum atomic E-state index is 11.8. The van der Waals surface area contributed by atoms with E-state index in [4.69, 9.17) is 4.74 Å². The average molecular weight is 302 g/mol. The van der Waals surface area contributed by atoms with Gasteiger partial charge in [-0.2, -0.15) is 0 Å². The number of ether oxygens (including phenoxy) is 1. The number of aliphatic imine (C=N–C) groups is 1. The van der Waals surface area contributed by atoms with Crippen molar-refractivity contribution in [3.63, 3.8) is 0 Å². The van der Waals surface area contributed by atoms with E-state index in [-0.39, 0.29) is 6.04 Å². The van der Waals surface area contributed by atoms with Gasteiger partial charge in [-0.25, -0.2) is 4.79 Å². The molecule has 0 saturated heterocycles. The molecule has 0 aliphatic heterocycles. The molecule has 22 heavy (non-hydrogen) atoms. The van der Waals surface area contributed by atoms with Gasteiger partial charge >= 0.3 is 6.09 Å². The smallest absolute Gasteiger partial charge is 0.408 e. The van der Waals surface area contributed by atoms with Crippen LogP contribution in [0.1, 0.15) is 47.1 Å². The monoisotopic (exact) mass is 302 g/mol. The molecule has 1 N–H and O–H groups in total. The van der Waals surface area contributed by atoms with Crippen molar-refractivity contribution in [3.05, 3.63) is 42.0 Å². The number of allylic oxidation sites excluding steroid dienone is 1. The fraction of sp³-hybridized carbons (Fsp3) is 0.444. The van der Waals surface area contributed by atoms with E-state index in [2.05, 4.69) is 10.3 Å². The number of carbonyl (C=O) groups excluding carboxylic acids is 1. The van der Waals surface area contributed by atoms with Gasteiger partial charge in [0.05, 0.1) is 11.7 Å². The topological polar surface area (TPSA) is 50.7 Å². The fourth-order valence-corrected chi connectivity index (χ4v) is 1.78. The maximum Gasteiger partial charge on any atom is 0.408 e. The van der Waals surface area contributed by atoms with Crippen LogP contribution in [-0.4, -0.2) is 23.4 Å². The Morgan fingerprint density at radius 3 is 2.36 bits per heavy atom. The molecule has 0 aliphatic rings. The number of nitrogens with one attached hydrogen (secondary N) is 1. The Morgan fingerprint density at radius 1 is 1.27 bits per heavy atom. The Morgan fingerprint density at radius 2 is 1.86 bits per heavy atom. The lowest BCUT2D eigenvalue weighted by atomic mass is 10.1. The highest BCUT2D eigenvalue weighted by molar-refractivity contribution is 5.93. The standard InChI is InChI=1S/C18H26N2O2/c1-7-16(15-11-9-8-10-12-15)19-13(2)14(3)20-17(21)22-18(4,5)6/h7-12,14H,1-6H3,(H,20,21)/b16-7-,19-13+. The zero-order valence-corrected chi connectivity index (χ0v) is 14.3. The summed E-state index contributed by atoms with van der Waals surface area (Å²) in [5.74, 6) is 0. The van der Waals surface area contributed by atoms with E-state index in [0.29, 0.717) is 0 Å². The molecular weight excluding hydrogens is 276 g/mol. The zero-order chi connectivity index (χ0) is 16.8. The summed E-state index contributed by atoms with van der Waals surface area (Å²) in [4.78, 5) is 16.4. The Bertz CT molecular complexity index is 554. The number of amides is 1. The molecule has 0 spiro atoms. The third-order valence-electron chi connectivity index (χ3n) is 3.00. The predicted octanol–water partition coefficient (Wildman–Crippen LogP) is 4.42. The van der Waals surface area contributed by atoms with Crippen molar-refractivity contribution in [2.24, 2.45) is 4.99 Å². The van der Waals surface area contributed by atoms with Crippen molar-refractivity contribution >= 4 is 17.5 Å². The summed E-state index contributed by atoms with van der Waals surface area (Å²) in [7, 11) is 0. The Labute approximate surface area is 133 Å². The molecule has 0 fully saturated rings. The van der Waals surface area contributed by atoms with Gasteiger partial charge in [0.25, 0.3) is 0 Å². The summed E-state index contributed by atoms with van der Waals surface area (Å²) in [5.41, 5.74) is 2.25. The summed E-state index contributed by atoms with van der Waals surface area (Å²) >= 11 is 0. The van der Waals surface area contributed by atoms with Crippen molar-refractivity contribution in [2.45, 2.75) is 53.2 Å². The summed E-state index contributed by atoms with van der Waals surface area (Å²) in [6.07, 6.45) is 1.52. The molecule has 4 heteroatoms. The van der Waals surface area contributed by atoms with E-state index in [9.17, 15) is 4.79 Å². The van der Waals surface area contributed by atoms with Crippen LogP contribution in [-0.2, 0) is 4.74 Å². The van der Waals surface area contributed by atoms with Crippen LogP contribution in [0.15, 0.2) is 41.4 Å². The summed E-state index contributed by atoms with van der Waals surface area (Å²) in [5, 5.41) is 2.80. The zero-order valence-electron chi connectivity index (χ0n) is 14.3. The van der Waals surface area contributed by atoms with Gasteiger partial charge in [-0.05, 0) is 47.1 Å². The van der Waals surface area contributed by atoms with Gasteiger partial charge in [0.1, 0.15) is 5.60 Å². The molecule has 1 aromatic carbocycles. The maximum absolute atomic E-state index is 11.8. The SMILES string of the molecule is C/C=C(\N=C(/C)C(C)NC(=O)OC(C)(C)C)c1ccccc1. The molecule has 120 valence electrons. The molecule has 0 aromatic heterocycles. The number of benzene rings is 1. The molecule has 0 radical (unpaired) electrons. The van der Waals surface area contributed by atoms with Crippen LogP contribution in [0.25, 0.3) is 5.70 Å². The van der Waals surface area contributed by atoms with Crippen LogP contribution in [0.4, 0.5) is 4.79 Å². The number of hydrogen-bond acceptors (Lipinski definition) is 3. The van der Waals surface area contributed by atoms with Gasteiger partial charge in [-0.1, -0.05) is 36.4 Å². The van der Waals surface area contributed by atoms with Crippen molar-refractivity contribution in [1.29, 1.82) is 0 Å². The fourth-order valence-electron chi connectivity index (χ4n) is 1.78. The second-order valence-corrected chi connectivity index (χ2v) is 6.16. The van der Waals surface area contributed by atoms with Crippen molar-refractivity contribution in [1.82, 2.24) is 5.32 Å². The molecule has 4 nitrogen and oxygen atoms in total. The number of nitrogens with zero attached hydrogens (tertiary/aromatic N) is 1. The summed E-state index contributed by atoms with van der Waals surface area (Å²) in [6, 6.07) is 9.75. The van der Waals surface area contributed by atoms with E-state index in [1.165, 1.54) is 0 Å². The largest absolute Gasteiger partial charge is 0.444 e. The van der Waals surface area contributed by atoms with Crippen LogP contribution >= 0.6 is 0 Å². The highest BCUT2D eigenvalue weighted by atomic mass is 16.6. The Hall–Kier alpha value is -2.10. The second-order valence-electron chi connectivity index (χ2n) is 6.16. The van der Waals surface area contributed by atoms with Crippen molar-refractivity contribution < 1.29 is 9.53 Å². The number of alkyl carbamates (subject to hydrolysis) is 1. The first kappa shape index (κ1) is 18.0. The molecule has 1 unspecified atom stereocenters. The summed E-state index contributed by atoms with van der Waals surface area (Å²) in [6.45, 7) is 11.3. The molecular formula is C18H26N2O2. The lowest BCUT2D eigenvalue weighted by Crippen LogP contribution is -2.40. The third-order valence-corrected chi connectivity index (χ3v) is 3.00. The van der Waals surface area contributed by atoms with Crippen LogP contribution in [0, 0.1) is 0 Å². The Balaban J connectivity index is 2.77. The highest BCUT2D eigenvalue weighted by Crippen LogP contribution is 2.16. The molecule has 0 bridgehead atoms. The molecule has 1 rings (SSSR count). The van der Waals surface area contributed by atoms with E-state index in [0.717, 1.165) is 17.0 Å². The van der Waals surface area contributed by atoms with Gasteiger partial charge < -0.3 is 10.1 Å². The Kier molecular flexibility index (Phi) is 6.35. The van der Waals surface area contributed by atoms with Gasteiger partial charge in [0.15, 0.2) is 0 Å². The van der Waals surface area contributed by atoms with Gasteiger partial charge in [-0.15, -0.1) is 0 Å². The second kappa shape index (κ2) is 7.78. The van der Waals surface area contributed by atoms with Crippen LogP contribution in [0.3, 0.4) is 0 Å². The molecule has 1 amide bonds. The molecule has 1 aromatic rings. The van der Waals surface area contributed by atoms with Crippen molar-refractivity contribution in [2.75, 3.05) is 0 Å². The lowest BCUT2D eigenvalue weighted by Gasteiger charge is -2.22. The molecule has 0 heterocycles. The van der Waals surface area contributed by atoms with E-state index < -0.39 is 11.7 Å². The number of rotatable bonds is 4. The van der Waals surface area contributed by atoms with E-state index in [1.54, 1.807) is 0 Å². The lowest BCUT2D eigenvalue weighted by molar-refractivity contribution is 0.0521. The van der Waals surface area contributed by atoms with Crippen LogP contribution in [0.5, 0.6) is 0 Å². The first-order valence-corrected chi connectivity index (χ1v) is 7.49. The first-order chi connectivity index (χ1) is 10.2. The van der Waals surface area contributed by atoms with E-state index in [1.807, 2.05) is 78.0 Å². The number of carbonyl (C=O) groups is 1. The van der Waals surface area contributed by atoms with Gasteiger partial charge in [-0.3, -0.25) is 4.99 Å². The minimum Gasteiger partial charge on any atom is -0.444 e. The quantitative estimate of drug-likeness (QED) is 0.837. The summed E-state index contributed by atoms with van der Waals surface area (Å²) < 4.78 is 5.25. The normalized spacial score (nSPS) is 14.5. The van der Waals surface area contributed by atoms with E-state index >= 15 is 0 Å². The van der Waals surface area contributed by atoms with Gasteiger partial charge in [0.2, 0.25) is 0 Å². The van der Waals surface area contributed by atoms with Gasteiger partial charge in [0, 0.05) is 5.71 Å². The number of hydrogen-bond donors (Lipinski definition) is 1. The highest BCUT2D eigenvalue weighted by Gasteiger charge is 2.18. The predicted molar refractivity (Wildman–Crippen MR) is 92.0 cm³/mol. The minimum absolute atomic E-state index is 0.200. The molecule has 1 atom stereocenters. The minimum atomic E-state index is -0.507. The molecule has 0 saturated carbocycles. The third kappa shape index (κ3) is 6.12.